The minimum atomic E-state index is -3.83. The molecule has 9 heteroatoms. The number of rotatable bonds is 6. The quantitative estimate of drug-likeness (QED) is 0.468. The zero-order valence-electron chi connectivity index (χ0n) is 16.0. The van der Waals surface area contributed by atoms with Crippen LogP contribution in [0.3, 0.4) is 0 Å². The van der Waals surface area contributed by atoms with Gasteiger partial charge in [-0.15, -0.1) is 0 Å². The van der Waals surface area contributed by atoms with E-state index in [0.29, 0.717) is 0 Å². The average Bonchev–Trinajstić information content (AvgIpc) is 2.70. The Morgan fingerprint density at radius 2 is 2.03 bits per heavy atom. The highest BCUT2D eigenvalue weighted by molar-refractivity contribution is 7.92. The van der Waals surface area contributed by atoms with Crippen molar-refractivity contribution in [1.29, 1.82) is 0 Å². The SMILES string of the molecule is CC(CCn1ccc(-c2cccc3cnccc23)cc1=O)(C(=O)NO)S(C)(=O)=O. The molecule has 0 fully saturated rings. The number of nitrogens with zero attached hydrogens (tertiary/aromatic N) is 2. The molecule has 1 aromatic carbocycles. The van der Waals surface area contributed by atoms with Crippen molar-refractivity contribution in [2.75, 3.05) is 6.26 Å². The van der Waals surface area contributed by atoms with E-state index in [1.54, 1.807) is 24.7 Å². The number of carbonyl (C=O) groups excluding carboxylic acids is 1. The summed E-state index contributed by atoms with van der Waals surface area (Å²) in [7, 11) is -3.83. The molecule has 2 aromatic heterocycles. The maximum atomic E-state index is 12.6. The molecule has 2 heterocycles. The van der Waals surface area contributed by atoms with E-state index >= 15 is 0 Å². The summed E-state index contributed by atoms with van der Waals surface area (Å²) in [5.74, 6) is -1.03. The van der Waals surface area contributed by atoms with Gasteiger partial charge < -0.3 is 4.57 Å². The zero-order chi connectivity index (χ0) is 21.2. The maximum absolute atomic E-state index is 12.6. The van der Waals surface area contributed by atoms with Crippen LogP contribution < -0.4 is 11.0 Å². The van der Waals surface area contributed by atoms with Gasteiger partial charge in [-0.2, -0.15) is 0 Å². The van der Waals surface area contributed by atoms with Crippen LogP contribution >= 0.6 is 0 Å². The molecule has 0 bridgehead atoms. The molecule has 29 heavy (non-hydrogen) atoms. The van der Waals surface area contributed by atoms with Gasteiger partial charge >= 0.3 is 0 Å². The van der Waals surface area contributed by atoms with Crippen LogP contribution in [0.2, 0.25) is 0 Å². The number of carbonyl (C=O) groups is 1. The molecule has 1 amide bonds. The third-order valence-electron chi connectivity index (χ3n) is 5.22. The molecule has 3 aromatic rings. The molecule has 0 saturated heterocycles. The molecule has 8 nitrogen and oxygen atoms in total. The zero-order valence-corrected chi connectivity index (χ0v) is 16.8. The van der Waals surface area contributed by atoms with Gasteiger partial charge in [-0.1, -0.05) is 18.2 Å². The van der Waals surface area contributed by atoms with Crippen LogP contribution in [-0.4, -0.2) is 40.1 Å². The van der Waals surface area contributed by atoms with E-state index in [9.17, 15) is 18.0 Å². The van der Waals surface area contributed by atoms with Crippen LogP contribution in [0.15, 0.2) is 59.8 Å². The standard InChI is InChI=1S/C20H21N3O5S/c1-20(19(25)22-26,29(2,27)28)8-11-23-10-7-14(12-18(23)24)16-5-3-4-15-13-21-9-6-17(15)16/h3-7,9-10,12-13,26H,8,11H2,1-2H3,(H,22,25). The van der Waals surface area contributed by atoms with Gasteiger partial charge in [0.05, 0.1) is 0 Å². The van der Waals surface area contributed by atoms with Crippen molar-refractivity contribution in [2.24, 2.45) is 0 Å². The van der Waals surface area contributed by atoms with E-state index in [2.05, 4.69) is 4.98 Å². The lowest BCUT2D eigenvalue weighted by atomic mass is 10.0. The molecule has 0 spiro atoms. The Morgan fingerprint density at radius 3 is 2.69 bits per heavy atom. The van der Waals surface area contributed by atoms with Crippen LogP contribution in [0.4, 0.5) is 0 Å². The minimum absolute atomic E-state index is 0.00440. The summed E-state index contributed by atoms with van der Waals surface area (Å²) >= 11 is 0. The Hall–Kier alpha value is -3.04. The first-order valence-corrected chi connectivity index (χ1v) is 10.7. The molecule has 152 valence electrons. The van der Waals surface area contributed by atoms with Crippen molar-refractivity contribution in [2.45, 2.75) is 24.6 Å². The highest BCUT2D eigenvalue weighted by Gasteiger charge is 2.43. The molecule has 1 unspecified atom stereocenters. The smallest absolute Gasteiger partial charge is 0.264 e. The number of fused-ring (bicyclic) bond motifs is 1. The Kier molecular flexibility index (Phi) is 5.54. The van der Waals surface area contributed by atoms with Gasteiger partial charge in [-0.25, -0.2) is 13.9 Å². The lowest BCUT2D eigenvalue weighted by Crippen LogP contribution is -2.49. The molecular weight excluding hydrogens is 394 g/mol. The monoisotopic (exact) mass is 415 g/mol. The summed E-state index contributed by atoms with van der Waals surface area (Å²) < 4.78 is 23.6. The Bertz CT molecular complexity index is 1230. The lowest BCUT2D eigenvalue weighted by Gasteiger charge is -2.25. The van der Waals surface area contributed by atoms with E-state index in [1.165, 1.54) is 23.0 Å². The number of amides is 1. The summed E-state index contributed by atoms with van der Waals surface area (Å²) in [6.07, 6.45) is 5.75. The number of aryl methyl sites for hydroxylation is 1. The summed E-state index contributed by atoms with van der Waals surface area (Å²) in [5.41, 5.74) is 2.68. The molecule has 2 N–H and O–H groups in total. The van der Waals surface area contributed by atoms with Gasteiger partial charge in [0.2, 0.25) is 0 Å². The van der Waals surface area contributed by atoms with E-state index in [-0.39, 0.29) is 18.5 Å². The fraction of sp³-hybridized carbons (Fsp3) is 0.250. The van der Waals surface area contributed by atoms with Crippen molar-refractivity contribution >= 4 is 26.5 Å². The number of aromatic nitrogens is 2. The molecule has 0 aliphatic carbocycles. The van der Waals surface area contributed by atoms with Crippen molar-refractivity contribution in [1.82, 2.24) is 15.0 Å². The van der Waals surface area contributed by atoms with Crippen molar-refractivity contribution in [3.05, 3.63) is 65.3 Å². The van der Waals surface area contributed by atoms with Gasteiger partial charge in [0, 0.05) is 42.8 Å². The number of nitrogens with one attached hydrogen (secondary N) is 1. The second-order valence-electron chi connectivity index (χ2n) is 7.04. The number of sulfone groups is 1. The van der Waals surface area contributed by atoms with Crippen LogP contribution in [0.5, 0.6) is 0 Å². The highest BCUT2D eigenvalue weighted by atomic mass is 32.2. The first-order valence-electron chi connectivity index (χ1n) is 8.85. The molecule has 3 rings (SSSR count). The van der Waals surface area contributed by atoms with E-state index in [0.717, 1.165) is 28.2 Å². The summed E-state index contributed by atoms with van der Waals surface area (Å²) in [6, 6.07) is 10.8. The first kappa shape index (κ1) is 20.7. The van der Waals surface area contributed by atoms with E-state index in [1.807, 2.05) is 24.3 Å². The largest absolute Gasteiger partial charge is 0.315 e. The Balaban J connectivity index is 1.92. The van der Waals surface area contributed by atoms with Gasteiger partial charge in [0.15, 0.2) is 14.6 Å². The molecule has 0 aliphatic rings. The second kappa shape index (κ2) is 7.76. The van der Waals surface area contributed by atoms with Crippen LogP contribution in [0, 0.1) is 0 Å². The summed E-state index contributed by atoms with van der Waals surface area (Å²) in [5, 5.41) is 10.8. The fourth-order valence-corrected chi connectivity index (χ4v) is 4.00. The lowest BCUT2D eigenvalue weighted by molar-refractivity contribution is -0.131. The van der Waals surface area contributed by atoms with Gasteiger partial charge in [0.1, 0.15) is 0 Å². The van der Waals surface area contributed by atoms with Crippen molar-refractivity contribution < 1.29 is 18.4 Å². The number of hydrogen-bond acceptors (Lipinski definition) is 6. The number of hydroxylamine groups is 1. The fourth-order valence-electron chi connectivity index (χ4n) is 3.15. The minimum Gasteiger partial charge on any atom is -0.315 e. The predicted molar refractivity (Wildman–Crippen MR) is 109 cm³/mol. The maximum Gasteiger partial charge on any atom is 0.264 e. The first-order chi connectivity index (χ1) is 13.7. The van der Waals surface area contributed by atoms with Crippen LogP contribution in [0.25, 0.3) is 21.9 Å². The topological polar surface area (TPSA) is 118 Å². The predicted octanol–water partition coefficient (Wildman–Crippen LogP) is 1.76. The molecular formula is C20H21N3O5S. The van der Waals surface area contributed by atoms with Crippen molar-refractivity contribution in [3.63, 3.8) is 0 Å². The van der Waals surface area contributed by atoms with Crippen molar-refractivity contribution in [3.8, 4) is 11.1 Å². The van der Waals surface area contributed by atoms with Gasteiger partial charge in [0.25, 0.3) is 11.5 Å². The Labute approximate surface area is 167 Å². The summed E-state index contributed by atoms with van der Waals surface area (Å²) in [4.78, 5) is 28.6. The highest BCUT2D eigenvalue weighted by Crippen LogP contribution is 2.27. The second-order valence-corrected chi connectivity index (χ2v) is 9.49. The third kappa shape index (κ3) is 3.92. The van der Waals surface area contributed by atoms with Gasteiger partial charge in [-0.3, -0.25) is 19.8 Å². The summed E-state index contributed by atoms with van der Waals surface area (Å²) in [6.45, 7) is 1.22. The number of benzene rings is 1. The molecule has 1 atom stereocenters. The molecule has 0 saturated carbocycles. The van der Waals surface area contributed by atoms with Crippen LogP contribution in [0.1, 0.15) is 13.3 Å². The molecule has 0 aliphatic heterocycles. The number of hydrogen-bond donors (Lipinski definition) is 2. The van der Waals surface area contributed by atoms with Gasteiger partial charge in [-0.05, 0) is 42.0 Å². The third-order valence-corrected chi connectivity index (χ3v) is 7.24. The van der Waals surface area contributed by atoms with E-state index in [4.69, 9.17) is 5.21 Å². The Morgan fingerprint density at radius 1 is 1.28 bits per heavy atom. The molecule has 0 radical (unpaired) electrons. The van der Waals surface area contributed by atoms with E-state index < -0.39 is 20.5 Å². The van der Waals surface area contributed by atoms with Crippen LogP contribution in [-0.2, 0) is 21.2 Å². The average molecular weight is 415 g/mol. The normalized spacial score (nSPS) is 13.8. The number of pyridine rings is 2.